The highest BCUT2D eigenvalue weighted by atomic mass is 16.3. The summed E-state index contributed by atoms with van der Waals surface area (Å²) in [5, 5.41) is 18.9. The highest BCUT2D eigenvalue weighted by molar-refractivity contribution is 5.12. The van der Waals surface area contributed by atoms with Crippen molar-refractivity contribution < 1.29 is 5.11 Å². The van der Waals surface area contributed by atoms with Crippen LogP contribution in [0.2, 0.25) is 0 Å². The second kappa shape index (κ2) is 2.74. The quantitative estimate of drug-likeness (QED) is 0.595. The minimum Gasteiger partial charge on any atom is -0.391 e. The molecule has 2 aliphatic rings. The fourth-order valence-electron chi connectivity index (χ4n) is 2.95. The number of hydrogen-bond acceptors (Lipinski definition) is 2. The molecule has 66 valence electrons. The Morgan fingerprint density at radius 1 is 1.25 bits per heavy atom. The zero-order chi connectivity index (χ0) is 8.60. The molecule has 0 radical (unpaired) electrons. The Bertz CT molecular complexity index is 218. The van der Waals surface area contributed by atoms with Crippen molar-refractivity contribution in [2.75, 3.05) is 0 Å². The molecule has 0 heterocycles. The Hall–Kier alpha value is -0.550. The predicted octanol–water partition coefficient (Wildman–Crippen LogP) is 1.84. The van der Waals surface area contributed by atoms with Crippen LogP contribution in [0.25, 0.3) is 0 Å². The molecule has 1 N–H and O–H groups in total. The van der Waals surface area contributed by atoms with E-state index < -0.39 is 0 Å². The zero-order valence-corrected chi connectivity index (χ0v) is 7.29. The second-order valence-electron chi connectivity index (χ2n) is 4.19. The Labute approximate surface area is 73.2 Å². The van der Waals surface area contributed by atoms with E-state index in [1.54, 1.807) is 0 Å². The average molecular weight is 165 g/mol. The SMILES string of the molecule is N#C[C@]12CCCC[C@H]1CC[C@@H]2O. The maximum absolute atomic E-state index is 9.75. The molecule has 2 saturated carbocycles. The van der Waals surface area contributed by atoms with E-state index in [1.807, 2.05) is 0 Å². The number of hydrogen-bond donors (Lipinski definition) is 1. The number of aliphatic hydroxyl groups excluding tert-OH is 1. The van der Waals surface area contributed by atoms with Crippen LogP contribution in [0.1, 0.15) is 38.5 Å². The van der Waals surface area contributed by atoms with Crippen LogP contribution in [-0.2, 0) is 0 Å². The van der Waals surface area contributed by atoms with Crippen molar-refractivity contribution in [2.45, 2.75) is 44.6 Å². The first-order valence-electron chi connectivity index (χ1n) is 4.89. The van der Waals surface area contributed by atoms with Gasteiger partial charge in [-0.3, -0.25) is 0 Å². The summed E-state index contributed by atoms with van der Waals surface area (Å²) < 4.78 is 0. The van der Waals surface area contributed by atoms with Gasteiger partial charge in [0, 0.05) is 0 Å². The first-order valence-corrected chi connectivity index (χ1v) is 4.89. The van der Waals surface area contributed by atoms with Crippen molar-refractivity contribution >= 4 is 0 Å². The molecule has 3 atom stereocenters. The fourth-order valence-corrected chi connectivity index (χ4v) is 2.95. The van der Waals surface area contributed by atoms with Crippen molar-refractivity contribution in [2.24, 2.45) is 11.3 Å². The first kappa shape index (κ1) is 8.07. The molecule has 0 amide bonds. The van der Waals surface area contributed by atoms with Gasteiger partial charge in [-0.25, -0.2) is 0 Å². The van der Waals surface area contributed by atoms with Crippen LogP contribution in [0, 0.1) is 22.7 Å². The molecule has 0 aromatic carbocycles. The summed E-state index contributed by atoms with van der Waals surface area (Å²) in [6, 6.07) is 2.38. The molecule has 12 heavy (non-hydrogen) atoms. The van der Waals surface area contributed by atoms with Crippen molar-refractivity contribution in [1.82, 2.24) is 0 Å². The molecular weight excluding hydrogens is 150 g/mol. The highest BCUT2D eigenvalue weighted by Crippen LogP contribution is 2.51. The van der Waals surface area contributed by atoms with Crippen molar-refractivity contribution in [3.63, 3.8) is 0 Å². The topological polar surface area (TPSA) is 44.0 Å². The molecular formula is C10H15NO. The molecule has 2 nitrogen and oxygen atoms in total. The molecule has 0 aliphatic heterocycles. The summed E-state index contributed by atoms with van der Waals surface area (Å²) >= 11 is 0. The maximum atomic E-state index is 9.75. The second-order valence-corrected chi connectivity index (χ2v) is 4.19. The Balaban J connectivity index is 2.26. The summed E-state index contributed by atoms with van der Waals surface area (Å²) in [5.74, 6) is 0.492. The van der Waals surface area contributed by atoms with Crippen molar-refractivity contribution in [3.05, 3.63) is 0 Å². The monoisotopic (exact) mass is 165 g/mol. The molecule has 0 bridgehead atoms. The third kappa shape index (κ3) is 0.895. The van der Waals surface area contributed by atoms with Gasteiger partial charge in [-0.15, -0.1) is 0 Å². The molecule has 0 aromatic rings. The fraction of sp³-hybridized carbons (Fsp3) is 0.900. The summed E-state index contributed by atoms with van der Waals surface area (Å²) in [4.78, 5) is 0. The number of aliphatic hydroxyl groups is 1. The van der Waals surface area contributed by atoms with Gasteiger partial charge in [-0.2, -0.15) is 5.26 Å². The summed E-state index contributed by atoms with van der Waals surface area (Å²) in [5.41, 5.74) is -0.349. The maximum Gasteiger partial charge on any atom is 0.0860 e. The van der Waals surface area contributed by atoms with Gasteiger partial charge in [0.1, 0.15) is 0 Å². The van der Waals surface area contributed by atoms with Gasteiger partial charge in [-0.05, 0) is 31.6 Å². The molecule has 2 fully saturated rings. The standard InChI is InChI=1S/C10H15NO/c11-7-10-6-2-1-3-8(10)4-5-9(10)12/h8-9,12H,1-6H2/t8-,9-,10+/m0/s1. The van der Waals surface area contributed by atoms with Gasteiger partial charge in [-0.1, -0.05) is 12.8 Å². The van der Waals surface area contributed by atoms with Crippen LogP contribution >= 0.6 is 0 Å². The van der Waals surface area contributed by atoms with Gasteiger partial charge in [0.15, 0.2) is 0 Å². The van der Waals surface area contributed by atoms with Crippen molar-refractivity contribution in [3.8, 4) is 6.07 Å². The van der Waals surface area contributed by atoms with Gasteiger partial charge in [0.05, 0.1) is 17.6 Å². The predicted molar refractivity (Wildman–Crippen MR) is 45.2 cm³/mol. The van der Waals surface area contributed by atoms with Gasteiger partial charge in [0.2, 0.25) is 0 Å². The normalized spacial score (nSPS) is 46.7. The number of nitrogens with zero attached hydrogens (tertiary/aromatic N) is 1. The van der Waals surface area contributed by atoms with E-state index in [2.05, 4.69) is 6.07 Å². The van der Waals surface area contributed by atoms with Crippen LogP contribution in [0.5, 0.6) is 0 Å². The van der Waals surface area contributed by atoms with E-state index in [-0.39, 0.29) is 11.5 Å². The summed E-state index contributed by atoms with van der Waals surface area (Å²) in [6.45, 7) is 0. The third-order valence-electron chi connectivity index (χ3n) is 3.71. The van der Waals surface area contributed by atoms with Crippen molar-refractivity contribution in [1.29, 1.82) is 5.26 Å². The number of nitriles is 1. The van der Waals surface area contributed by atoms with E-state index in [4.69, 9.17) is 5.26 Å². The van der Waals surface area contributed by atoms with E-state index >= 15 is 0 Å². The summed E-state index contributed by atoms with van der Waals surface area (Å²) in [6.07, 6.45) is 6.03. The van der Waals surface area contributed by atoms with Gasteiger partial charge >= 0.3 is 0 Å². The lowest BCUT2D eigenvalue weighted by Crippen LogP contribution is -2.36. The minimum absolute atomic E-state index is 0.340. The Kier molecular flexibility index (Phi) is 1.84. The average Bonchev–Trinajstić information content (AvgIpc) is 2.45. The lowest BCUT2D eigenvalue weighted by Gasteiger charge is -2.35. The largest absolute Gasteiger partial charge is 0.391 e. The Morgan fingerprint density at radius 2 is 2.08 bits per heavy atom. The van der Waals surface area contributed by atoms with E-state index in [0.29, 0.717) is 5.92 Å². The lowest BCUT2D eigenvalue weighted by molar-refractivity contribution is 0.0438. The van der Waals surface area contributed by atoms with Crippen LogP contribution in [0.4, 0.5) is 0 Å². The Morgan fingerprint density at radius 3 is 2.75 bits per heavy atom. The smallest absolute Gasteiger partial charge is 0.0860 e. The molecule has 0 unspecified atom stereocenters. The van der Waals surface area contributed by atoms with E-state index in [0.717, 1.165) is 32.1 Å². The molecule has 0 spiro atoms. The molecule has 2 aliphatic carbocycles. The summed E-state index contributed by atoms with van der Waals surface area (Å²) in [7, 11) is 0. The number of fused-ring (bicyclic) bond motifs is 1. The van der Waals surface area contributed by atoms with Gasteiger partial charge in [0.25, 0.3) is 0 Å². The van der Waals surface area contributed by atoms with Crippen LogP contribution in [0.15, 0.2) is 0 Å². The van der Waals surface area contributed by atoms with Crippen LogP contribution < -0.4 is 0 Å². The molecule has 2 heteroatoms. The lowest BCUT2D eigenvalue weighted by atomic mass is 9.68. The third-order valence-corrected chi connectivity index (χ3v) is 3.71. The van der Waals surface area contributed by atoms with E-state index in [1.165, 1.54) is 6.42 Å². The molecule has 2 rings (SSSR count). The van der Waals surface area contributed by atoms with Crippen LogP contribution in [0.3, 0.4) is 0 Å². The first-order chi connectivity index (χ1) is 5.79. The van der Waals surface area contributed by atoms with Crippen LogP contribution in [-0.4, -0.2) is 11.2 Å². The molecule has 0 saturated heterocycles. The molecule has 0 aromatic heterocycles. The van der Waals surface area contributed by atoms with E-state index in [9.17, 15) is 5.11 Å². The van der Waals surface area contributed by atoms with Gasteiger partial charge < -0.3 is 5.11 Å². The minimum atomic E-state index is -0.349. The zero-order valence-electron chi connectivity index (χ0n) is 7.29. The highest BCUT2D eigenvalue weighted by Gasteiger charge is 2.50. The number of rotatable bonds is 0.